The predicted molar refractivity (Wildman–Crippen MR) is 123 cm³/mol. The first-order chi connectivity index (χ1) is 14.8. The molecule has 0 spiro atoms. The van der Waals surface area contributed by atoms with E-state index in [1.165, 1.54) is 7.11 Å². The van der Waals surface area contributed by atoms with Gasteiger partial charge in [0, 0.05) is 18.4 Å². The maximum absolute atomic E-state index is 9.51. The molecule has 0 radical (unpaired) electrons. The van der Waals surface area contributed by atoms with Crippen LogP contribution >= 0.6 is 0 Å². The lowest BCUT2D eigenvalue weighted by Crippen LogP contribution is -2.51. The van der Waals surface area contributed by atoms with Gasteiger partial charge in [-0.05, 0) is 22.7 Å². The minimum absolute atomic E-state index is 0.315. The second-order valence-electron chi connectivity index (χ2n) is 9.04. The molecule has 3 rings (SSSR count). The van der Waals surface area contributed by atoms with E-state index in [0.717, 1.165) is 35.7 Å². The average Bonchev–Trinajstić information content (AvgIpc) is 2.89. The summed E-state index contributed by atoms with van der Waals surface area (Å²) >= 11 is 0. The van der Waals surface area contributed by atoms with Crippen LogP contribution < -0.4 is 9.16 Å². The number of pyridine rings is 1. The van der Waals surface area contributed by atoms with E-state index < -0.39 is 8.32 Å². The monoisotopic (exact) mass is 442 g/mol. The van der Waals surface area contributed by atoms with Gasteiger partial charge >= 0.3 is 0 Å². The molecule has 168 valence electrons. The third-order valence-corrected chi connectivity index (χ3v) is 12.4. The summed E-state index contributed by atoms with van der Waals surface area (Å²) in [6.07, 6.45) is 3.19. The summed E-state index contributed by atoms with van der Waals surface area (Å²) in [5.74, 6) is 1.03. The van der Waals surface area contributed by atoms with Gasteiger partial charge in [0.15, 0.2) is 0 Å². The predicted octanol–water partition coefficient (Wildman–Crippen LogP) is 4.82. The minimum atomic E-state index is -2.17. The topological polar surface area (TPSA) is 82.2 Å². The maximum Gasteiger partial charge on any atom is 0.260 e. The molecule has 0 aromatic carbocycles. The largest absolute Gasteiger partial charge is 0.529 e. The highest BCUT2D eigenvalue weighted by molar-refractivity contribution is 6.78. The number of nitriles is 1. The van der Waals surface area contributed by atoms with Crippen molar-refractivity contribution in [3.63, 3.8) is 0 Å². The summed E-state index contributed by atoms with van der Waals surface area (Å²) < 4.78 is 19.8. The Morgan fingerprint density at radius 1 is 1.06 bits per heavy atom. The van der Waals surface area contributed by atoms with Gasteiger partial charge < -0.3 is 13.9 Å². The van der Waals surface area contributed by atoms with E-state index in [9.17, 15) is 5.26 Å². The molecular formula is C23H34N4O3Si. The van der Waals surface area contributed by atoms with E-state index in [2.05, 4.69) is 52.6 Å². The van der Waals surface area contributed by atoms with Gasteiger partial charge in [-0.2, -0.15) is 5.26 Å². The second kappa shape index (κ2) is 9.41. The molecule has 1 aliphatic rings. The SMILES string of the molecule is COc1ncc(-n2nc(O[Si](C(C)C)(C(C)C)C(C)C)c3c2CCOCC3)cc1C#N. The van der Waals surface area contributed by atoms with Crippen molar-refractivity contribution >= 4 is 8.32 Å². The molecule has 2 aromatic rings. The first-order valence-corrected chi connectivity index (χ1v) is 13.2. The molecule has 0 unspecified atom stereocenters. The van der Waals surface area contributed by atoms with Gasteiger partial charge in [0.2, 0.25) is 11.8 Å². The van der Waals surface area contributed by atoms with Gasteiger partial charge in [0.1, 0.15) is 11.6 Å². The number of nitrogens with zero attached hydrogens (tertiary/aromatic N) is 4. The molecule has 0 amide bonds. The third-order valence-electron chi connectivity index (χ3n) is 6.41. The molecule has 0 bridgehead atoms. The zero-order chi connectivity index (χ0) is 22.8. The Morgan fingerprint density at radius 2 is 1.71 bits per heavy atom. The molecule has 1 aliphatic heterocycles. The summed E-state index contributed by atoms with van der Waals surface area (Å²) in [5.41, 5.74) is 4.64. The van der Waals surface area contributed by atoms with Crippen molar-refractivity contribution in [1.82, 2.24) is 14.8 Å². The van der Waals surface area contributed by atoms with Crippen LogP contribution in [-0.4, -0.2) is 43.4 Å². The van der Waals surface area contributed by atoms with Crippen LogP contribution in [0.5, 0.6) is 11.8 Å². The fourth-order valence-electron chi connectivity index (χ4n) is 5.03. The normalized spacial score (nSPS) is 14.5. The zero-order valence-corrected chi connectivity index (χ0v) is 20.7. The Kier molecular flexibility index (Phi) is 7.07. The van der Waals surface area contributed by atoms with Crippen LogP contribution in [0.3, 0.4) is 0 Å². The Labute approximate surface area is 186 Å². The van der Waals surface area contributed by atoms with Gasteiger partial charge in [-0.3, -0.25) is 0 Å². The quantitative estimate of drug-likeness (QED) is 0.572. The van der Waals surface area contributed by atoms with Crippen LogP contribution in [-0.2, 0) is 17.6 Å². The first-order valence-electron chi connectivity index (χ1n) is 11.1. The lowest BCUT2D eigenvalue weighted by atomic mass is 10.1. The van der Waals surface area contributed by atoms with Crippen molar-refractivity contribution in [1.29, 1.82) is 5.26 Å². The number of rotatable bonds is 7. The Hall–Kier alpha value is -2.37. The molecular weight excluding hydrogens is 408 g/mol. The fourth-order valence-corrected chi connectivity index (χ4v) is 10.2. The van der Waals surface area contributed by atoms with E-state index in [4.69, 9.17) is 19.0 Å². The molecule has 0 atom stereocenters. The fraction of sp³-hybridized carbons (Fsp3) is 0.609. The van der Waals surface area contributed by atoms with Crippen LogP contribution in [0.1, 0.15) is 58.4 Å². The highest BCUT2D eigenvalue weighted by Gasteiger charge is 2.48. The highest BCUT2D eigenvalue weighted by Crippen LogP contribution is 2.44. The summed E-state index contributed by atoms with van der Waals surface area (Å²) in [7, 11) is -0.655. The van der Waals surface area contributed by atoms with Crippen molar-refractivity contribution in [3.05, 3.63) is 29.1 Å². The van der Waals surface area contributed by atoms with Crippen LogP contribution in [0.15, 0.2) is 12.3 Å². The second-order valence-corrected chi connectivity index (χ2v) is 14.4. The lowest BCUT2D eigenvalue weighted by molar-refractivity contribution is 0.145. The Morgan fingerprint density at radius 3 is 2.29 bits per heavy atom. The van der Waals surface area contributed by atoms with Gasteiger partial charge in [-0.25, -0.2) is 9.67 Å². The molecule has 0 aliphatic carbocycles. The third kappa shape index (κ3) is 4.21. The van der Waals surface area contributed by atoms with Crippen molar-refractivity contribution in [2.75, 3.05) is 20.3 Å². The summed E-state index contributed by atoms with van der Waals surface area (Å²) in [4.78, 5) is 4.32. The Balaban J connectivity index is 2.16. The first kappa shape index (κ1) is 23.3. The number of aromatic nitrogens is 3. The minimum Gasteiger partial charge on any atom is -0.529 e. The number of hydrogen-bond donors (Lipinski definition) is 0. The van der Waals surface area contributed by atoms with E-state index in [-0.39, 0.29) is 0 Å². The van der Waals surface area contributed by atoms with E-state index >= 15 is 0 Å². The molecule has 31 heavy (non-hydrogen) atoms. The molecule has 7 nitrogen and oxygen atoms in total. The van der Waals surface area contributed by atoms with Crippen molar-refractivity contribution in [2.45, 2.75) is 71.0 Å². The standard InChI is InChI=1S/C23H34N4O3Si/c1-15(2)31(16(3)4,17(5)6)30-23-20-8-10-29-11-9-21(20)27(26-23)19-12-18(13-24)22(28-7)25-14-19/h12,14-17H,8-11H2,1-7H3. The summed E-state index contributed by atoms with van der Waals surface area (Å²) in [6, 6.07) is 3.93. The molecule has 8 heteroatoms. The van der Waals surface area contributed by atoms with Gasteiger partial charge in [-0.1, -0.05) is 41.5 Å². The van der Waals surface area contributed by atoms with Gasteiger partial charge in [0.25, 0.3) is 8.32 Å². The van der Waals surface area contributed by atoms with Crippen LogP contribution in [0.2, 0.25) is 16.6 Å². The number of hydrogen-bond acceptors (Lipinski definition) is 6. The molecule has 0 saturated heterocycles. The van der Waals surface area contributed by atoms with E-state index in [0.29, 0.717) is 41.3 Å². The lowest BCUT2D eigenvalue weighted by Gasteiger charge is -2.41. The molecule has 0 N–H and O–H groups in total. The molecule has 0 fully saturated rings. The zero-order valence-electron chi connectivity index (χ0n) is 19.7. The highest BCUT2D eigenvalue weighted by atomic mass is 28.4. The van der Waals surface area contributed by atoms with Gasteiger partial charge in [0.05, 0.1) is 37.9 Å². The van der Waals surface area contributed by atoms with Gasteiger partial charge in [-0.15, -0.1) is 5.10 Å². The van der Waals surface area contributed by atoms with Crippen LogP contribution in [0.25, 0.3) is 5.69 Å². The number of ether oxygens (including phenoxy) is 2. The van der Waals surface area contributed by atoms with Crippen LogP contribution in [0.4, 0.5) is 0 Å². The van der Waals surface area contributed by atoms with E-state index in [1.54, 1.807) is 12.3 Å². The smallest absolute Gasteiger partial charge is 0.260 e. The molecule has 3 heterocycles. The number of fused-ring (bicyclic) bond motifs is 1. The van der Waals surface area contributed by atoms with Crippen molar-refractivity contribution in [2.24, 2.45) is 0 Å². The Bertz CT molecular complexity index is 941. The van der Waals surface area contributed by atoms with Crippen LogP contribution in [0, 0.1) is 11.3 Å². The molecule has 2 aromatic heterocycles. The maximum atomic E-state index is 9.51. The summed E-state index contributed by atoms with van der Waals surface area (Å²) in [5, 5.41) is 14.5. The number of methoxy groups -OCH3 is 1. The average molecular weight is 443 g/mol. The molecule has 0 saturated carbocycles. The van der Waals surface area contributed by atoms with E-state index in [1.807, 2.05) is 4.68 Å². The summed E-state index contributed by atoms with van der Waals surface area (Å²) in [6.45, 7) is 14.9. The van der Waals surface area contributed by atoms with Crippen molar-refractivity contribution in [3.8, 4) is 23.5 Å². The van der Waals surface area contributed by atoms with Crippen molar-refractivity contribution < 1.29 is 13.9 Å².